The number of rotatable bonds is 9. The third kappa shape index (κ3) is 5.22. The molecular weight excluding hydrogens is 442 g/mol. The molecule has 0 radical (unpaired) electrons. The van der Waals surface area contributed by atoms with Crippen molar-refractivity contribution in [2.45, 2.75) is 70.2 Å². The second kappa shape index (κ2) is 10.2. The minimum atomic E-state index is -0.701. The Labute approximate surface area is 205 Å². The lowest BCUT2D eigenvalue weighted by Crippen LogP contribution is -2.47. The van der Waals surface area contributed by atoms with E-state index in [1.54, 1.807) is 9.58 Å². The average molecular weight is 476 g/mol. The summed E-state index contributed by atoms with van der Waals surface area (Å²) >= 11 is 0. The Bertz CT molecular complexity index is 1180. The molecule has 2 fully saturated rings. The molecule has 2 aliphatic rings. The highest BCUT2D eigenvalue weighted by Crippen LogP contribution is 2.36. The molecule has 1 aromatic heterocycles. The average Bonchev–Trinajstić information content (AvgIpc) is 3.40. The topological polar surface area (TPSA) is 89.4 Å². The number of para-hydroxylation sites is 1. The molecule has 1 saturated carbocycles. The van der Waals surface area contributed by atoms with Crippen molar-refractivity contribution in [3.63, 3.8) is 0 Å². The van der Waals surface area contributed by atoms with Crippen LogP contribution in [0.25, 0.3) is 11.0 Å². The first-order valence-electron chi connectivity index (χ1n) is 12.6. The van der Waals surface area contributed by atoms with Crippen LogP contribution in [-0.4, -0.2) is 57.0 Å². The maximum absolute atomic E-state index is 13.7. The van der Waals surface area contributed by atoms with Gasteiger partial charge in [-0.15, -0.1) is 5.10 Å². The Morgan fingerprint density at radius 2 is 1.83 bits per heavy atom. The van der Waals surface area contributed by atoms with Crippen molar-refractivity contribution in [2.24, 2.45) is 0 Å². The standard InChI is InChI=1S/C27H33N5O3/c1-18(2)19-9-11-20(12-10-19)26(27(34)28-16-22-6-5-15-35-22)32(21-13-14-21)25(33)17-31-24-8-4-3-7-23(24)29-30-31/h3-4,7-12,18,21-22,26H,5-6,13-17H2,1-2H3,(H,28,34)/t22-,26-/m1/s1. The third-order valence-corrected chi connectivity index (χ3v) is 6.91. The second-order valence-corrected chi connectivity index (χ2v) is 9.87. The van der Waals surface area contributed by atoms with Crippen LogP contribution in [0.2, 0.25) is 0 Å². The van der Waals surface area contributed by atoms with E-state index < -0.39 is 6.04 Å². The number of amides is 2. The normalized spacial score (nSPS) is 18.7. The highest BCUT2D eigenvalue weighted by atomic mass is 16.5. The maximum Gasteiger partial charge on any atom is 0.247 e. The Morgan fingerprint density at radius 1 is 1.09 bits per heavy atom. The van der Waals surface area contributed by atoms with Gasteiger partial charge >= 0.3 is 0 Å². The number of nitrogens with zero attached hydrogens (tertiary/aromatic N) is 4. The van der Waals surface area contributed by atoms with E-state index in [-0.39, 0.29) is 30.5 Å². The molecule has 0 bridgehead atoms. The molecule has 1 aliphatic carbocycles. The van der Waals surface area contributed by atoms with Gasteiger partial charge in [-0.2, -0.15) is 0 Å². The van der Waals surface area contributed by atoms with Gasteiger partial charge in [-0.25, -0.2) is 4.68 Å². The maximum atomic E-state index is 13.7. The zero-order chi connectivity index (χ0) is 24.4. The molecule has 1 aliphatic heterocycles. The molecule has 2 heterocycles. The van der Waals surface area contributed by atoms with Gasteiger partial charge in [0.25, 0.3) is 0 Å². The Hall–Kier alpha value is -3.26. The number of nitrogens with one attached hydrogen (secondary N) is 1. The van der Waals surface area contributed by atoms with Crippen molar-refractivity contribution in [1.82, 2.24) is 25.2 Å². The summed E-state index contributed by atoms with van der Waals surface area (Å²) in [5.74, 6) is 0.0902. The molecule has 2 amide bonds. The number of ether oxygens (including phenoxy) is 1. The van der Waals surface area contributed by atoms with Crippen LogP contribution in [0, 0.1) is 0 Å². The summed E-state index contributed by atoms with van der Waals surface area (Å²) in [5.41, 5.74) is 3.57. The van der Waals surface area contributed by atoms with Crippen LogP contribution in [0.1, 0.15) is 62.6 Å². The van der Waals surface area contributed by atoms with E-state index in [1.807, 2.05) is 36.4 Å². The molecule has 3 aromatic rings. The monoisotopic (exact) mass is 475 g/mol. The molecule has 0 unspecified atom stereocenters. The molecule has 0 spiro atoms. The Kier molecular flexibility index (Phi) is 6.81. The number of carbonyl (C=O) groups is 2. The predicted molar refractivity (Wildman–Crippen MR) is 133 cm³/mol. The summed E-state index contributed by atoms with van der Waals surface area (Å²) in [6.45, 7) is 5.52. The van der Waals surface area contributed by atoms with Crippen molar-refractivity contribution in [3.8, 4) is 0 Å². The van der Waals surface area contributed by atoms with Crippen molar-refractivity contribution in [3.05, 3.63) is 59.7 Å². The van der Waals surface area contributed by atoms with Crippen LogP contribution in [0.4, 0.5) is 0 Å². The van der Waals surface area contributed by atoms with Gasteiger partial charge in [-0.3, -0.25) is 9.59 Å². The van der Waals surface area contributed by atoms with E-state index in [0.717, 1.165) is 48.9 Å². The molecule has 184 valence electrons. The summed E-state index contributed by atoms with van der Waals surface area (Å²) in [6, 6.07) is 15.0. The van der Waals surface area contributed by atoms with Gasteiger partial charge in [-0.05, 0) is 54.9 Å². The summed E-state index contributed by atoms with van der Waals surface area (Å²) in [4.78, 5) is 29.1. The smallest absolute Gasteiger partial charge is 0.247 e. The molecule has 5 rings (SSSR count). The lowest BCUT2D eigenvalue weighted by molar-refractivity contribution is -0.142. The molecule has 2 atom stereocenters. The number of benzene rings is 2. The van der Waals surface area contributed by atoms with Crippen LogP contribution in [0.5, 0.6) is 0 Å². The van der Waals surface area contributed by atoms with Crippen molar-refractivity contribution in [1.29, 1.82) is 0 Å². The zero-order valence-corrected chi connectivity index (χ0v) is 20.4. The second-order valence-electron chi connectivity index (χ2n) is 9.87. The predicted octanol–water partition coefficient (Wildman–Crippen LogP) is 3.58. The molecular formula is C27H33N5O3. The summed E-state index contributed by atoms with van der Waals surface area (Å²) in [7, 11) is 0. The van der Waals surface area contributed by atoms with Gasteiger partial charge in [-0.1, -0.05) is 55.5 Å². The van der Waals surface area contributed by atoms with Gasteiger partial charge in [0.2, 0.25) is 11.8 Å². The van der Waals surface area contributed by atoms with Crippen LogP contribution in [0.3, 0.4) is 0 Å². The zero-order valence-electron chi connectivity index (χ0n) is 20.4. The van der Waals surface area contributed by atoms with E-state index in [0.29, 0.717) is 12.5 Å². The fourth-order valence-electron chi connectivity index (χ4n) is 4.77. The van der Waals surface area contributed by atoms with E-state index in [1.165, 1.54) is 5.56 Å². The van der Waals surface area contributed by atoms with E-state index in [9.17, 15) is 9.59 Å². The van der Waals surface area contributed by atoms with Crippen LogP contribution in [-0.2, 0) is 20.9 Å². The number of hydrogen-bond donors (Lipinski definition) is 1. The Morgan fingerprint density at radius 3 is 2.51 bits per heavy atom. The minimum absolute atomic E-state index is 0.0366. The number of aromatic nitrogens is 3. The lowest BCUT2D eigenvalue weighted by atomic mass is 9.97. The van der Waals surface area contributed by atoms with Gasteiger partial charge in [0, 0.05) is 19.2 Å². The SMILES string of the molecule is CC(C)c1ccc([C@H](C(=O)NC[C@H]2CCCO2)N(C(=O)Cn2nnc3ccccc32)C2CC2)cc1. The van der Waals surface area contributed by atoms with Gasteiger partial charge in [0.15, 0.2) is 0 Å². The van der Waals surface area contributed by atoms with Crippen molar-refractivity contribution in [2.75, 3.05) is 13.2 Å². The van der Waals surface area contributed by atoms with Gasteiger partial charge in [0.1, 0.15) is 18.1 Å². The molecule has 2 aromatic carbocycles. The van der Waals surface area contributed by atoms with E-state index in [2.05, 4.69) is 41.6 Å². The van der Waals surface area contributed by atoms with Crippen LogP contribution in [0.15, 0.2) is 48.5 Å². The van der Waals surface area contributed by atoms with E-state index in [4.69, 9.17) is 4.74 Å². The first-order valence-corrected chi connectivity index (χ1v) is 12.6. The number of hydrogen-bond acceptors (Lipinski definition) is 5. The highest BCUT2D eigenvalue weighted by molar-refractivity contribution is 5.89. The highest BCUT2D eigenvalue weighted by Gasteiger charge is 2.41. The molecule has 1 N–H and O–H groups in total. The van der Waals surface area contributed by atoms with Crippen molar-refractivity contribution < 1.29 is 14.3 Å². The Balaban J connectivity index is 1.43. The van der Waals surface area contributed by atoms with Crippen LogP contribution < -0.4 is 5.32 Å². The van der Waals surface area contributed by atoms with E-state index >= 15 is 0 Å². The first-order chi connectivity index (χ1) is 17.0. The fraction of sp³-hybridized carbons (Fsp3) is 0.481. The first kappa shape index (κ1) is 23.5. The molecule has 8 heteroatoms. The number of carbonyl (C=O) groups excluding carboxylic acids is 2. The fourth-order valence-corrected chi connectivity index (χ4v) is 4.77. The summed E-state index contributed by atoms with van der Waals surface area (Å²) in [5, 5.41) is 11.4. The van der Waals surface area contributed by atoms with Crippen LogP contribution >= 0.6 is 0 Å². The minimum Gasteiger partial charge on any atom is -0.376 e. The van der Waals surface area contributed by atoms with Gasteiger partial charge in [0.05, 0.1) is 11.6 Å². The lowest BCUT2D eigenvalue weighted by Gasteiger charge is -2.32. The largest absolute Gasteiger partial charge is 0.376 e. The third-order valence-electron chi connectivity index (χ3n) is 6.91. The quantitative estimate of drug-likeness (QED) is 0.511. The summed E-state index contributed by atoms with van der Waals surface area (Å²) in [6.07, 6.45) is 3.78. The summed E-state index contributed by atoms with van der Waals surface area (Å²) < 4.78 is 7.32. The molecule has 35 heavy (non-hydrogen) atoms. The number of fused-ring (bicyclic) bond motifs is 1. The molecule has 1 saturated heterocycles. The molecule has 8 nitrogen and oxygen atoms in total. The van der Waals surface area contributed by atoms with Gasteiger partial charge < -0.3 is 15.0 Å². The van der Waals surface area contributed by atoms with Crippen molar-refractivity contribution >= 4 is 22.8 Å².